The molecule has 9 aromatic carbocycles. The number of hydrogen-bond acceptors (Lipinski definition) is 1. The third-order valence-electron chi connectivity index (χ3n) is 9.15. The van der Waals surface area contributed by atoms with Crippen molar-refractivity contribution in [3.05, 3.63) is 212 Å². The van der Waals surface area contributed by atoms with Gasteiger partial charge in [-0.2, -0.15) is 0 Å². The lowest BCUT2D eigenvalue weighted by molar-refractivity contribution is 1.28. The molecule has 0 aliphatic heterocycles. The standard InChI is InChI=1S/C50H35N/c1-2-11-36(12-3-1)42-17-8-18-43(31-42)39-27-29-48(30-28-39)51(49-21-9-19-44(34-49)46-25-23-37-13-4-6-15-40(37)32-46)50-22-10-20-45(35-50)47-26-24-38-14-5-7-16-41(38)33-47/h1-35H/i9D,19D,21D,27D,28D,29D,30D,34D. The Kier molecular flexibility index (Phi) is 5.96. The number of nitrogens with zero attached hydrogens (tertiary/aromatic N) is 1. The summed E-state index contributed by atoms with van der Waals surface area (Å²) in [7, 11) is 0. The maximum Gasteiger partial charge on any atom is 0.0651 e. The van der Waals surface area contributed by atoms with Gasteiger partial charge in [-0.05, 0) is 121 Å². The van der Waals surface area contributed by atoms with E-state index in [0.717, 1.165) is 43.8 Å². The van der Waals surface area contributed by atoms with Crippen molar-refractivity contribution in [1.29, 1.82) is 0 Å². The zero-order chi connectivity index (χ0) is 40.9. The van der Waals surface area contributed by atoms with E-state index in [1.165, 1.54) is 4.90 Å². The number of hydrogen-bond donors (Lipinski definition) is 0. The summed E-state index contributed by atoms with van der Waals surface area (Å²) in [6, 6.07) is 49.0. The molecule has 0 saturated heterocycles. The van der Waals surface area contributed by atoms with Gasteiger partial charge in [-0.3, -0.25) is 0 Å². The lowest BCUT2D eigenvalue weighted by Crippen LogP contribution is -2.10. The van der Waals surface area contributed by atoms with Gasteiger partial charge in [0.05, 0.1) is 11.0 Å². The van der Waals surface area contributed by atoms with Crippen molar-refractivity contribution in [2.75, 3.05) is 4.90 Å². The quantitative estimate of drug-likeness (QED) is 0.165. The first-order valence-electron chi connectivity index (χ1n) is 20.9. The van der Waals surface area contributed by atoms with Gasteiger partial charge < -0.3 is 4.90 Å². The van der Waals surface area contributed by atoms with Crippen LogP contribution in [-0.4, -0.2) is 0 Å². The smallest absolute Gasteiger partial charge is 0.0651 e. The van der Waals surface area contributed by atoms with Crippen molar-refractivity contribution in [1.82, 2.24) is 0 Å². The van der Waals surface area contributed by atoms with Crippen molar-refractivity contribution in [2.45, 2.75) is 0 Å². The second kappa shape index (κ2) is 13.3. The second-order valence-corrected chi connectivity index (χ2v) is 12.4. The van der Waals surface area contributed by atoms with Gasteiger partial charge in [0.1, 0.15) is 0 Å². The highest BCUT2D eigenvalue weighted by Gasteiger charge is 2.15. The minimum absolute atomic E-state index is 0.114. The summed E-state index contributed by atoms with van der Waals surface area (Å²) in [6.45, 7) is 0. The molecule has 9 rings (SSSR count). The molecule has 0 aliphatic rings. The van der Waals surface area contributed by atoms with Crippen molar-refractivity contribution in [3.63, 3.8) is 0 Å². The summed E-state index contributed by atoms with van der Waals surface area (Å²) in [4.78, 5) is 1.40. The van der Waals surface area contributed by atoms with Crippen LogP contribution in [0.2, 0.25) is 0 Å². The molecule has 0 spiro atoms. The van der Waals surface area contributed by atoms with Gasteiger partial charge in [0.25, 0.3) is 0 Å². The van der Waals surface area contributed by atoms with Crippen LogP contribution in [0.3, 0.4) is 0 Å². The maximum absolute atomic E-state index is 9.76. The molecule has 0 fully saturated rings. The van der Waals surface area contributed by atoms with Gasteiger partial charge in [0.15, 0.2) is 0 Å². The van der Waals surface area contributed by atoms with Crippen LogP contribution in [0, 0.1) is 0 Å². The minimum Gasteiger partial charge on any atom is -0.310 e. The van der Waals surface area contributed by atoms with E-state index in [1.807, 2.05) is 140 Å². The third kappa shape index (κ3) is 6.18. The minimum atomic E-state index is -0.447. The van der Waals surface area contributed by atoms with Crippen LogP contribution in [0.5, 0.6) is 0 Å². The summed E-state index contributed by atoms with van der Waals surface area (Å²) < 4.78 is 75.2. The van der Waals surface area contributed by atoms with Crippen LogP contribution >= 0.6 is 0 Å². The first kappa shape index (κ1) is 22.8. The van der Waals surface area contributed by atoms with Gasteiger partial charge in [-0.15, -0.1) is 0 Å². The molecule has 0 bridgehead atoms. The highest BCUT2D eigenvalue weighted by molar-refractivity contribution is 5.90. The molecular formula is C50H35N. The Morgan fingerprint density at radius 3 is 1.51 bits per heavy atom. The van der Waals surface area contributed by atoms with E-state index in [9.17, 15) is 8.22 Å². The molecule has 51 heavy (non-hydrogen) atoms. The Morgan fingerprint density at radius 1 is 0.294 bits per heavy atom. The summed E-state index contributed by atoms with van der Waals surface area (Å²) in [5, 5.41) is 3.94. The molecule has 240 valence electrons. The zero-order valence-corrected chi connectivity index (χ0v) is 27.5. The molecule has 1 nitrogen and oxygen atoms in total. The Balaban J connectivity index is 1.30. The van der Waals surface area contributed by atoms with E-state index in [4.69, 9.17) is 2.74 Å². The van der Waals surface area contributed by atoms with Crippen molar-refractivity contribution in [3.8, 4) is 44.5 Å². The van der Waals surface area contributed by atoms with Crippen LogP contribution < -0.4 is 4.90 Å². The molecule has 0 heterocycles. The van der Waals surface area contributed by atoms with Gasteiger partial charge in [-0.1, -0.05) is 158 Å². The van der Waals surface area contributed by atoms with Crippen molar-refractivity contribution < 1.29 is 11.0 Å². The largest absolute Gasteiger partial charge is 0.310 e. The average molecular weight is 658 g/mol. The van der Waals surface area contributed by atoms with Crippen LogP contribution in [0.1, 0.15) is 11.0 Å². The normalized spacial score (nSPS) is 13.3. The lowest BCUT2D eigenvalue weighted by atomic mass is 9.98. The molecule has 0 N–H and O–H groups in total. The molecule has 0 amide bonds. The molecule has 0 unspecified atom stereocenters. The zero-order valence-electron chi connectivity index (χ0n) is 35.5. The van der Waals surface area contributed by atoms with Crippen LogP contribution in [0.25, 0.3) is 66.1 Å². The molecule has 0 aliphatic carbocycles. The monoisotopic (exact) mass is 657 g/mol. The van der Waals surface area contributed by atoms with Gasteiger partial charge >= 0.3 is 0 Å². The number of rotatable bonds is 7. The fourth-order valence-electron chi connectivity index (χ4n) is 6.55. The Hall–Kier alpha value is -6.70. The summed E-state index contributed by atoms with van der Waals surface area (Å²) in [5.74, 6) is 0. The van der Waals surface area contributed by atoms with Crippen LogP contribution in [0.15, 0.2) is 212 Å². The Morgan fingerprint density at radius 2 is 0.824 bits per heavy atom. The summed E-state index contributed by atoms with van der Waals surface area (Å²) in [6.07, 6.45) is 0. The predicted molar refractivity (Wildman–Crippen MR) is 218 cm³/mol. The number of fused-ring (bicyclic) bond motifs is 2. The fourth-order valence-corrected chi connectivity index (χ4v) is 6.55. The molecule has 0 saturated carbocycles. The van der Waals surface area contributed by atoms with Gasteiger partial charge in [0, 0.05) is 17.1 Å². The first-order valence-corrected chi connectivity index (χ1v) is 16.9. The Labute approximate surface area is 310 Å². The Bertz CT molecular complexity index is 3080. The number of benzene rings is 9. The summed E-state index contributed by atoms with van der Waals surface area (Å²) in [5.41, 5.74) is 4.75. The van der Waals surface area contributed by atoms with E-state index in [0.29, 0.717) is 16.8 Å². The van der Waals surface area contributed by atoms with Gasteiger partial charge in [-0.25, -0.2) is 0 Å². The molecule has 0 radical (unpaired) electrons. The molecular weight excluding hydrogens is 615 g/mol. The highest BCUT2D eigenvalue weighted by atomic mass is 15.1. The van der Waals surface area contributed by atoms with E-state index in [1.54, 1.807) is 18.2 Å². The van der Waals surface area contributed by atoms with Crippen molar-refractivity contribution in [2.24, 2.45) is 0 Å². The molecule has 0 aromatic heterocycles. The predicted octanol–water partition coefficient (Wildman–Crippen LogP) is 14.1. The fraction of sp³-hybridized carbons (Fsp3) is 0. The van der Waals surface area contributed by atoms with E-state index in [2.05, 4.69) is 6.07 Å². The second-order valence-electron chi connectivity index (χ2n) is 12.4. The lowest BCUT2D eigenvalue weighted by Gasteiger charge is -2.27. The average Bonchev–Trinajstić information content (AvgIpc) is 3.27. The molecule has 9 aromatic rings. The third-order valence-corrected chi connectivity index (χ3v) is 9.15. The van der Waals surface area contributed by atoms with Crippen LogP contribution in [0.4, 0.5) is 17.1 Å². The SMILES string of the molecule is [2H]c1c([2H])c(-c2ccc3ccccc3c2)c([2H])c(N(c2cccc(-c3ccc4ccccc4c3)c2)c2c([2H])c([2H])c(-c3cccc(-c4ccccc4)c3)c([2H])c2[2H])c1[2H]. The van der Waals surface area contributed by atoms with E-state index in [-0.39, 0.29) is 58.8 Å². The first-order chi connectivity index (χ1) is 28.6. The molecule has 1 heteroatoms. The number of anilines is 3. The van der Waals surface area contributed by atoms with Crippen LogP contribution in [-0.2, 0) is 0 Å². The van der Waals surface area contributed by atoms with E-state index < -0.39 is 12.1 Å². The van der Waals surface area contributed by atoms with E-state index >= 15 is 0 Å². The van der Waals surface area contributed by atoms with Gasteiger partial charge in [0.2, 0.25) is 0 Å². The highest BCUT2D eigenvalue weighted by Crippen LogP contribution is 2.40. The van der Waals surface area contributed by atoms with Crippen molar-refractivity contribution >= 4 is 38.6 Å². The maximum atomic E-state index is 9.76. The molecule has 0 atom stereocenters. The summed E-state index contributed by atoms with van der Waals surface area (Å²) >= 11 is 0. The topological polar surface area (TPSA) is 3.24 Å².